The predicted octanol–water partition coefficient (Wildman–Crippen LogP) is 6.18. The van der Waals surface area contributed by atoms with Crippen molar-refractivity contribution in [2.45, 2.75) is 77.9 Å². The summed E-state index contributed by atoms with van der Waals surface area (Å²) in [4.78, 5) is 29.1. The van der Waals surface area contributed by atoms with E-state index in [1.807, 2.05) is 58.9 Å². The van der Waals surface area contributed by atoms with E-state index in [0.29, 0.717) is 22.7 Å². The van der Waals surface area contributed by atoms with E-state index in [2.05, 4.69) is 5.32 Å². The Balaban J connectivity index is 2.10. The zero-order valence-corrected chi connectivity index (χ0v) is 26.2. The first-order valence-corrected chi connectivity index (χ1v) is 15.7. The molecule has 0 spiro atoms. The van der Waals surface area contributed by atoms with Crippen LogP contribution in [0.3, 0.4) is 0 Å². The molecule has 0 saturated heterocycles. The third-order valence-corrected chi connectivity index (χ3v) is 9.20. The van der Waals surface area contributed by atoms with Gasteiger partial charge in [0.15, 0.2) is 0 Å². The van der Waals surface area contributed by atoms with Crippen LogP contribution in [0, 0.1) is 20.8 Å². The van der Waals surface area contributed by atoms with Gasteiger partial charge in [0.25, 0.3) is 10.0 Å². The molecule has 0 fully saturated rings. The minimum Gasteiger partial charge on any atom is -0.352 e. The van der Waals surface area contributed by atoms with Crippen molar-refractivity contribution < 1.29 is 18.0 Å². The number of carbonyl (C=O) groups is 2. The lowest BCUT2D eigenvalue weighted by Crippen LogP contribution is -2.53. The number of hydrogen-bond acceptors (Lipinski definition) is 4. The van der Waals surface area contributed by atoms with Crippen LogP contribution in [0.5, 0.6) is 0 Å². The number of sulfonamides is 1. The number of nitrogens with one attached hydrogen (secondary N) is 1. The summed E-state index contributed by atoms with van der Waals surface area (Å²) in [6, 6.07) is 18.3. The van der Waals surface area contributed by atoms with Gasteiger partial charge in [-0.05, 0) is 75.9 Å². The fourth-order valence-electron chi connectivity index (χ4n) is 4.45. The second-order valence-corrected chi connectivity index (χ2v) is 12.8. The quantitative estimate of drug-likeness (QED) is 0.270. The van der Waals surface area contributed by atoms with Crippen LogP contribution in [0.1, 0.15) is 55.9 Å². The number of amides is 2. The summed E-state index contributed by atoms with van der Waals surface area (Å²) in [6.07, 6.45) is 1.10. The van der Waals surface area contributed by atoms with Crippen molar-refractivity contribution in [2.75, 3.05) is 10.8 Å². The molecule has 220 valence electrons. The van der Waals surface area contributed by atoms with Gasteiger partial charge in [0.05, 0.1) is 10.6 Å². The summed E-state index contributed by atoms with van der Waals surface area (Å²) in [5.74, 6) is -0.763. The lowest BCUT2D eigenvalue weighted by molar-refractivity contribution is -0.140. The fourth-order valence-corrected chi connectivity index (χ4v) is 6.09. The largest absolute Gasteiger partial charge is 0.352 e. The van der Waals surface area contributed by atoms with Gasteiger partial charge in [0.2, 0.25) is 11.8 Å². The molecule has 2 amide bonds. The van der Waals surface area contributed by atoms with Crippen molar-refractivity contribution in [3.8, 4) is 0 Å². The first-order chi connectivity index (χ1) is 19.4. The summed E-state index contributed by atoms with van der Waals surface area (Å²) < 4.78 is 29.2. The normalized spacial score (nSPS) is 12.9. The molecule has 3 aromatic rings. The molecule has 0 heterocycles. The third kappa shape index (κ3) is 8.11. The average Bonchev–Trinajstić information content (AvgIpc) is 2.94. The van der Waals surface area contributed by atoms with Gasteiger partial charge < -0.3 is 10.2 Å². The van der Waals surface area contributed by atoms with Crippen molar-refractivity contribution in [1.29, 1.82) is 0 Å². The molecule has 3 aromatic carbocycles. The van der Waals surface area contributed by atoms with Crippen LogP contribution in [-0.2, 0) is 26.2 Å². The fraction of sp³-hybridized carbons (Fsp3) is 0.375. The van der Waals surface area contributed by atoms with E-state index in [0.717, 1.165) is 27.4 Å². The van der Waals surface area contributed by atoms with E-state index in [1.165, 1.54) is 17.0 Å². The number of rotatable bonds is 12. The number of carbonyl (C=O) groups excluding carboxylic acids is 2. The highest BCUT2D eigenvalue weighted by molar-refractivity contribution is 7.92. The van der Waals surface area contributed by atoms with Crippen LogP contribution in [0.15, 0.2) is 71.6 Å². The SMILES string of the molecule is CC[C@@H](C)NC(=O)[C@H](CC)N(Cc1ccc(C)cc1)C(=O)CN(c1cc(Cl)ccc1C)S(=O)(=O)c1ccc(C)cc1. The van der Waals surface area contributed by atoms with Gasteiger partial charge in [-0.3, -0.25) is 13.9 Å². The summed E-state index contributed by atoms with van der Waals surface area (Å²) in [6.45, 7) is 11.0. The molecular formula is C32H40ClN3O4S. The molecule has 0 aliphatic rings. The van der Waals surface area contributed by atoms with E-state index in [-0.39, 0.29) is 23.4 Å². The lowest BCUT2D eigenvalue weighted by atomic mass is 10.1. The van der Waals surface area contributed by atoms with E-state index in [4.69, 9.17) is 11.6 Å². The molecule has 3 rings (SSSR count). The van der Waals surface area contributed by atoms with Crippen LogP contribution in [-0.4, -0.2) is 43.8 Å². The van der Waals surface area contributed by atoms with Crippen molar-refractivity contribution in [2.24, 2.45) is 0 Å². The first-order valence-electron chi connectivity index (χ1n) is 13.9. The van der Waals surface area contributed by atoms with Crippen LogP contribution in [0.25, 0.3) is 0 Å². The maximum absolute atomic E-state index is 14.2. The van der Waals surface area contributed by atoms with Gasteiger partial charge in [0.1, 0.15) is 12.6 Å². The summed E-state index contributed by atoms with van der Waals surface area (Å²) in [7, 11) is -4.17. The van der Waals surface area contributed by atoms with Gasteiger partial charge in [-0.15, -0.1) is 0 Å². The standard InChI is InChI=1S/C32H40ClN3O4S/c1-7-25(6)34-32(38)29(8-2)35(20-26-14-9-22(3)10-15-26)31(37)21-36(30-19-27(33)16-13-24(30)5)41(39,40)28-17-11-23(4)12-18-28/h9-19,25,29H,7-8,20-21H2,1-6H3,(H,34,38)/t25-,29+/m1/s1. The third-order valence-electron chi connectivity index (χ3n) is 7.19. The van der Waals surface area contributed by atoms with Crippen LogP contribution in [0.2, 0.25) is 5.02 Å². The molecule has 41 heavy (non-hydrogen) atoms. The van der Waals surface area contributed by atoms with E-state index >= 15 is 0 Å². The average molecular weight is 598 g/mol. The molecule has 7 nitrogen and oxygen atoms in total. The molecule has 0 saturated carbocycles. The molecular weight excluding hydrogens is 558 g/mol. The number of hydrogen-bond donors (Lipinski definition) is 1. The number of anilines is 1. The Bertz CT molecular complexity index is 1460. The van der Waals surface area contributed by atoms with Crippen molar-refractivity contribution in [3.05, 3.63) is 94.0 Å². The molecule has 9 heteroatoms. The molecule has 0 aromatic heterocycles. The molecule has 0 aliphatic heterocycles. The number of halogens is 1. The highest BCUT2D eigenvalue weighted by Crippen LogP contribution is 2.30. The Labute approximate surface area is 249 Å². The molecule has 0 unspecified atom stereocenters. The van der Waals surface area contributed by atoms with Gasteiger partial charge in [-0.1, -0.05) is 79.0 Å². The van der Waals surface area contributed by atoms with Crippen LogP contribution in [0.4, 0.5) is 5.69 Å². The highest BCUT2D eigenvalue weighted by atomic mass is 35.5. The molecule has 1 N–H and O–H groups in total. The van der Waals surface area contributed by atoms with E-state index < -0.39 is 28.5 Å². The maximum atomic E-state index is 14.2. The maximum Gasteiger partial charge on any atom is 0.264 e. The van der Waals surface area contributed by atoms with Crippen LogP contribution < -0.4 is 9.62 Å². The second-order valence-electron chi connectivity index (χ2n) is 10.5. The van der Waals surface area contributed by atoms with Crippen LogP contribution >= 0.6 is 11.6 Å². The monoisotopic (exact) mass is 597 g/mol. The van der Waals surface area contributed by atoms with Gasteiger partial charge in [-0.25, -0.2) is 8.42 Å². The van der Waals surface area contributed by atoms with Gasteiger partial charge in [0, 0.05) is 17.6 Å². The molecule has 0 aliphatic carbocycles. The zero-order valence-electron chi connectivity index (χ0n) is 24.6. The molecule has 0 radical (unpaired) electrons. The minimum absolute atomic E-state index is 0.0573. The van der Waals surface area contributed by atoms with Crippen molar-refractivity contribution >= 4 is 39.1 Å². The zero-order chi connectivity index (χ0) is 30.3. The number of benzene rings is 3. The second kappa shape index (κ2) is 14.0. The number of nitrogens with zero attached hydrogens (tertiary/aromatic N) is 2. The minimum atomic E-state index is -4.17. The molecule has 0 bridgehead atoms. The Kier molecular flexibility index (Phi) is 11.0. The Morgan fingerprint density at radius 3 is 2.02 bits per heavy atom. The first kappa shape index (κ1) is 32.2. The Hall–Kier alpha value is -3.36. The smallest absolute Gasteiger partial charge is 0.264 e. The Morgan fingerprint density at radius 1 is 0.878 bits per heavy atom. The lowest BCUT2D eigenvalue weighted by Gasteiger charge is -2.34. The van der Waals surface area contributed by atoms with E-state index in [9.17, 15) is 18.0 Å². The summed E-state index contributed by atoms with van der Waals surface area (Å²) in [5.41, 5.74) is 3.77. The summed E-state index contributed by atoms with van der Waals surface area (Å²) in [5, 5.41) is 3.34. The molecule has 2 atom stereocenters. The summed E-state index contributed by atoms with van der Waals surface area (Å²) >= 11 is 6.30. The van der Waals surface area contributed by atoms with Crippen molar-refractivity contribution in [1.82, 2.24) is 10.2 Å². The van der Waals surface area contributed by atoms with Crippen molar-refractivity contribution in [3.63, 3.8) is 0 Å². The number of aryl methyl sites for hydroxylation is 3. The van der Waals surface area contributed by atoms with Gasteiger partial charge >= 0.3 is 0 Å². The topological polar surface area (TPSA) is 86.8 Å². The highest BCUT2D eigenvalue weighted by Gasteiger charge is 2.34. The predicted molar refractivity (Wildman–Crippen MR) is 166 cm³/mol. The van der Waals surface area contributed by atoms with Gasteiger partial charge in [-0.2, -0.15) is 0 Å². The Morgan fingerprint density at radius 2 is 1.46 bits per heavy atom. The van der Waals surface area contributed by atoms with E-state index in [1.54, 1.807) is 37.3 Å².